The highest BCUT2D eigenvalue weighted by Crippen LogP contribution is 2.16. The number of rotatable bonds is 4. The maximum atomic E-state index is 11.9. The van der Waals surface area contributed by atoms with Gasteiger partial charge in [-0.1, -0.05) is 23.4 Å². The van der Waals surface area contributed by atoms with Gasteiger partial charge in [-0.3, -0.25) is 4.79 Å². The number of aromatic nitrogens is 2. The number of aryl methyl sites for hydroxylation is 2. The van der Waals surface area contributed by atoms with Gasteiger partial charge in [0, 0.05) is 22.0 Å². The third kappa shape index (κ3) is 4.18. The maximum Gasteiger partial charge on any atom is 0.192 e. The summed E-state index contributed by atoms with van der Waals surface area (Å²) in [6.45, 7) is 3.84. The topological polar surface area (TPSA) is 42.9 Å². The highest BCUT2D eigenvalue weighted by molar-refractivity contribution is 8.02. The Morgan fingerprint density at radius 1 is 1.15 bits per heavy atom. The van der Waals surface area contributed by atoms with Gasteiger partial charge in [-0.15, -0.1) is 0 Å². The average Bonchev–Trinajstić information content (AvgIpc) is 2.38. The van der Waals surface area contributed by atoms with E-state index in [4.69, 9.17) is 11.6 Å². The van der Waals surface area contributed by atoms with Crippen molar-refractivity contribution in [2.24, 2.45) is 0 Å². The molecule has 0 aliphatic rings. The smallest absolute Gasteiger partial charge is 0.192 e. The van der Waals surface area contributed by atoms with Gasteiger partial charge in [-0.25, -0.2) is 9.97 Å². The van der Waals surface area contributed by atoms with Crippen molar-refractivity contribution in [3.63, 3.8) is 0 Å². The van der Waals surface area contributed by atoms with Gasteiger partial charge in [0.15, 0.2) is 10.9 Å². The fraction of sp³-hybridized carbons (Fsp3) is 0.133. The van der Waals surface area contributed by atoms with Crippen LogP contribution in [0.15, 0.2) is 47.0 Å². The largest absolute Gasteiger partial charge is 0.289 e. The van der Waals surface area contributed by atoms with E-state index in [9.17, 15) is 4.79 Å². The number of allylic oxidation sites excluding steroid dienone is 1. The van der Waals surface area contributed by atoms with Crippen LogP contribution in [0.3, 0.4) is 0 Å². The summed E-state index contributed by atoms with van der Waals surface area (Å²) in [5.74, 6) is -0.0708. The molecule has 20 heavy (non-hydrogen) atoms. The minimum atomic E-state index is -0.0708. The molecule has 0 radical (unpaired) electrons. The van der Waals surface area contributed by atoms with Gasteiger partial charge in [-0.05, 0) is 55.7 Å². The SMILES string of the molecule is Cc1cc(C)nc(S/C=C/C(=O)c2ccc(Cl)cc2)n1. The molecule has 0 saturated carbocycles. The first-order chi connectivity index (χ1) is 9.54. The molecule has 0 aliphatic carbocycles. The van der Waals surface area contributed by atoms with E-state index in [0.29, 0.717) is 15.7 Å². The lowest BCUT2D eigenvalue weighted by Crippen LogP contribution is -1.93. The third-order valence-electron chi connectivity index (χ3n) is 2.48. The standard InChI is InChI=1S/C15H13ClN2OS/c1-10-9-11(2)18-15(17-10)20-8-7-14(19)12-3-5-13(16)6-4-12/h3-9H,1-2H3/b8-7+. The van der Waals surface area contributed by atoms with Crippen LogP contribution in [-0.4, -0.2) is 15.8 Å². The number of nitrogens with zero attached hydrogens (tertiary/aromatic N) is 2. The molecule has 0 bridgehead atoms. The molecule has 0 fully saturated rings. The van der Waals surface area contributed by atoms with Gasteiger partial charge in [0.05, 0.1) is 0 Å². The number of carbonyl (C=O) groups is 1. The second kappa shape index (κ2) is 6.68. The number of halogens is 1. The van der Waals surface area contributed by atoms with Gasteiger partial charge >= 0.3 is 0 Å². The van der Waals surface area contributed by atoms with E-state index in [1.165, 1.54) is 17.8 Å². The molecule has 2 aromatic rings. The highest BCUT2D eigenvalue weighted by Gasteiger charge is 2.02. The molecule has 2 rings (SSSR count). The molecule has 0 atom stereocenters. The van der Waals surface area contributed by atoms with Crippen LogP contribution in [0.4, 0.5) is 0 Å². The van der Waals surface area contributed by atoms with E-state index in [0.717, 1.165) is 11.4 Å². The molecule has 0 N–H and O–H groups in total. The summed E-state index contributed by atoms with van der Waals surface area (Å²) < 4.78 is 0. The van der Waals surface area contributed by atoms with E-state index in [-0.39, 0.29) is 5.78 Å². The molecule has 0 unspecified atom stereocenters. The van der Waals surface area contributed by atoms with E-state index in [1.807, 2.05) is 19.9 Å². The van der Waals surface area contributed by atoms with Gasteiger partial charge in [0.1, 0.15) is 0 Å². The molecule has 1 aromatic heterocycles. The highest BCUT2D eigenvalue weighted by atomic mass is 35.5. The van der Waals surface area contributed by atoms with Crippen molar-refractivity contribution in [1.29, 1.82) is 0 Å². The monoisotopic (exact) mass is 304 g/mol. The fourth-order valence-corrected chi connectivity index (χ4v) is 2.45. The summed E-state index contributed by atoms with van der Waals surface area (Å²) in [6.07, 6.45) is 1.51. The van der Waals surface area contributed by atoms with E-state index >= 15 is 0 Å². The normalized spacial score (nSPS) is 10.9. The fourth-order valence-electron chi connectivity index (χ4n) is 1.61. The Bertz CT molecular complexity index is 633. The van der Waals surface area contributed by atoms with E-state index in [1.54, 1.807) is 29.7 Å². The number of ketones is 1. The Hall–Kier alpha value is -1.65. The van der Waals surface area contributed by atoms with Crippen molar-refractivity contribution in [1.82, 2.24) is 9.97 Å². The zero-order valence-electron chi connectivity index (χ0n) is 11.1. The lowest BCUT2D eigenvalue weighted by molar-refractivity contribution is 0.104. The summed E-state index contributed by atoms with van der Waals surface area (Å²) in [5.41, 5.74) is 2.43. The van der Waals surface area contributed by atoms with Gasteiger partial charge in [0.2, 0.25) is 0 Å². The second-order valence-electron chi connectivity index (χ2n) is 4.23. The number of benzene rings is 1. The van der Waals surface area contributed by atoms with Crippen molar-refractivity contribution in [2.45, 2.75) is 19.0 Å². The lowest BCUT2D eigenvalue weighted by atomic mass is 10.1. The Morgan fingerprint density at radius 2 is 1.75 bits per heavy atom. The van der Waals surface area contributed by atoms with Crippen LogP contribution < -0.4 is 0 Å². The van der Waals surface area contributed by atoms with Crippen molar-refractivity contribution >= 4 is 29.1 Å². The lowest BCUT2D eigenvalue weighted by Gasteiger charge is -1.99. The number of hydrogen-bond acceptors (Lipinski definition) is 4. The van der Waals surface area contributed by atoms with Crippen molar-refractivity contribution in [3.8, 4) is 0 Å². The molecular weight excluding hydrogens is 292 g/mol. The maximum absolute atomic E-state index is 11.9. The first-order valence-electron chi connectivity index (χ1n) is 6.00. The van der Waals surface area contributed by atoms with Crippen LogP contribution in [0.25, 0.3) is 0 Å². The molecule has 102 valence electrons. The summed E-state index contributed by atoms with van der Waals surface area (Å²) in [4.78, 5) is 20.5. The second-order valence-corrected chi connectivity index (χ2v) is 5.53. The van der Waals surface area contributed by atoms with Crippen LogP contribution in [0.2, 0.25) is 5.02 Å². The Labute approximate surface area is 127 Å². The summed E-state index contributed by atoms with van der Waals surface area (Å²) in [7, 11) is 0. The molecule has 0 amide bonds. The predicted octanol–water partition coefficient (Wildman–Crippen LogP) is 4.24. The molecule has 0 aliphatic heterocycles. The van der Waals surface area contributed by atoms with Gasteiger partial charge in [0.25, 0.3) is 0 Å². The van der Waals surface area contributed by atoms with Crippen LogP contribution in [0, 0.1) is 13.8 Å². The minimum Gasteiger partial charge on any atom is -0.289 e. The van der Waals surface area contributed by atoms with Crippen LogP contribution >= 0.6 is 23.4 Å². The van der Waals surface area contributed by atoms with Crippen molar-refractivity contribution < 1.29 is 4.79 Å². The zero-order valence-corrected chi connectivity index (χ0v) is 12.7. The Morgan fingerprint density at radius 3 is 2.35 bits per heavy atom. The first-order valence-corrected chi connectivity index (χ1v) is 7.26. The van der Waals surface area contributed by atoms with Crippen LogP contribution in [0.5, 0.6) is 0 Å². The zero-order chi connectivity index (χ0) is 14.5. The van der Waals surface area contributed by atoms with Crippen molar-refractivity contribution in [3.05, 3.63) is 63.8 Å². The molecular formula is C15H13ClN2OS. The van der Waals surface area contributed by atoms with Crippen LogP contribution in [0.1, 0.15) is 21.7 Å². The summed E-state index contributed by atoms with van der Waals surface area (Å²) >= 11 is 7.11. The predicted molar refractivity (Wildman–Crippen MR) is 82.3 cm³/mol. The molecule has 1 heterocycles. The number of thioether (sulfide) groups is 1. The van der Waals surface area contributed by atoms with Crippen molar-refractivity contribution in [2.75, 3.05) is 0 Å². The number of hydrogen-bond donors (Lipinski definition) is 0. The van der Waals surface area contributed by atoms with E-state index in [2.05, 4.69) is 9.97 Å². The van der Waals surface area contributed by atoms with Gasteiger partial charge in [-0.2, -0.15) is 0 Å². The molecule has 3 nitrogen and oxygen atoms in total. The molecule has 5 heteroatoms. The minimum absolute atomic E-state index is 0.0708. The Balaban J connectivity index is 2.02. The van der Waals surface area contributed by atoms with Gasteiger partial charge < -0.3 is 0 Å². The molecule has 0 spiro atoms. The first kappa shape index (κ1) is 14.8. The molecule has 0 saturated heterocycles. The third-order valence-corrected chi connectivity index (χ3v) is 3.40. The average molecular weight is 305 g/mol. The van der Waals surface area contributed by atoms with E-state index < -0.39 is 0 Å². The molecule has 1 aromatic carbocycles. The summed E-state index contributed by atoms with van der Waals surface area (Å²) in [5, 5.41) is 2.96. The Kier molecular flexibility index (Phi) is 4.93. The number of carbonyl (C=O) groups excluding carboxylic acids is 1. The van der Waals surface area contributed by atoms with Crippen LogP contribution in [-0.2, 0) is 0 Å². The summed E-state index contributed by atoms with van der Waals surface area (Å²) in [6, 6.07) is 8.71. The quantitative estimate of drug-likeness (QED) is 0.367.